The quantitative estimate of drug-likeness (QED) is 0.927. The van der Waals surface area contributed by atoms with Crippen molar-refractivity contribution in [2.75, 3.05) is 6.54 Å². The van der Waals surface area contributed by atoms with Gasteiger partial charge in [0.25, 0.3) is 0 Å². The molecule has 1 aromatic rings. The molecule has 0 amide bonds. The first-order valence-corrected chi connectivity index (χ1v) is 7.98. The Hall–Kier alpha value is -1.11. The molecule has 0 aliphatic carbocycles. The van der Waals surface area contributed by atoms with Gasteiger partial charge in [0, 0.05) is 11.6 Å². The van der Waals surface area contributed by atoms with E-state index in [9.17, 15) is 18.3 Å². The van der Waals surface area contributed by atoms with E-state index in [0.717, 1.165) is 4.31 Å². The van der Waals surface area contributed by atoms with Gasteiger partial charge in [-0.2, -0.15) is 4.31 Å². The van der Waals surface area contributed by atoms with Crippen LogP contribution in [0.3, 0.4) is 0 Å². The number of rotatable bonds is 3. The van der Waals surface area contributed by atoms with Gasteiger partial charge in [-0.3, -0.25) is 4.79 Å². The molecule has 20 heavy (non-hydrogen) atoms. The Morgan fingerprint density at radius 2 is 2.10 bits per heavy atom. The molecule has 1 aromatic carbocycles. The normalized spacial score (nSPS) is 22.9. The van der Waals surface area contributed by atoms with Crippen LogP contribution >= 0.6 is 11.6 Å². The summed E-state index contributed by atoms with van der Waals surface area (Å²) in [4.78, 5) is 11.5. The molecule has 2 rings (SSSR count). The van der Waals surface area contributed by atoms with Crippen LogP contribution in [-0.2, 0) is 14.8 Å². The summed E-state index contributed by atoms with van der Waals surface area (Å²) in [5.41, 5.74) is -0.600. The minimum Gasteiger partial charge on any atom is -0.480 e. The number of sulfonamides is 1. The van der Waals surface area contributed by atoms with Crippen LogP contribution in [0, 0.1) is 5.41 Å². The van der Waals surface area contributed by atoms with E-state index in [4.69, 9.17) is 11.6 Å². The fourth-order valence-corrected chi connectivity index (χ4v) is 4.57. The molecule has 0 radical (unpaired) electrons. The lowest BCUT2D eigenvalue weighted by atomic mass is 9.85. The summed E-state index contributed by atoms with van der Waals surface area (Å²) in [5, 5.41) is 9.65. The third kappa shape index (κ3) is 2.55. The van der Waals surface area contributed by atoms with Gasteiger partial charge in [0.2, 0.25) is 10.0 Å². The molecule has 5 nitrogen and oxygen atoms in total. The second-order valence-electron chi connectivity index (χ2n) is 5.55. The van der Waals surface area contributed by atoms with Crippen LogP contribution in [-0.4, -0.2) is 36.4 Å². The summed E-state index contributed by atoms with van der Waals surface area (Å²) in [6.07, 6.45) is 0.504. The molecule has 1 saturated heterocycles. The van der Waals surface area contributed by atoms with Gasteiger partial charge in [0.15, 0.2) is 0 Å². The summed E-state index contributed by atoms with van der Waals surface area (Å²) >= 11 is 5.81. The van der Waals surface area contributed by atoms with Crippen LogP contribution in [0.4, 0.5) is 0 Å². The van der Waals surface area contributed by atoms with Crippen molar-refractivity contribution in [2.24, 2.45) is 5.41 Å². The third-order valence-corrected chi connectivity index (χ3v) is 5.74. The number of benzene rings is 1. The number of carboxylic acids is 1. The van der Waals surface area contributed by atoms with Gasteiger partial charge in [0.1, 0.15) is 6.04 Å². The average Bonchev–Trinajstić information content (AvgIpc) is 2.65. The summed E-state index contributed by atoms with van der Waals surface area (Å²) < 4.78 is 26.2. The van der Waals surface area contributed by atoms with Crippen molar-refractivity contribution in [1.29, 1.82) is 0 Å². The average molecular weight is 318 g/mol. The van der Waals surface area contributed by atoms with E-state index < -0.39 is 27.4 Å². The number of carboxylic acid groups (broad SMARTS) is 1. The summed E-state index contributed by atoms with van der Waals surface area (Å²) in [6, 6.07) is 4.80. The van der Waals surface area contributed by atoms with Gasteiger partial charge in [-0.25, -0.2) is 8.42 Å². The van der Waals surface area contributed by atoms with Crippen molar-refractivity contribution in [3.05, 3.63) is 29.3 Å². The van der Waals surface area contributed by atoms with Crippen molar-refractivity contribution in [3.8, 4) is 0 Å². The number of carbonyl (C=O) groups is 1. The molecule has 0 bridgehead atoms. The van der Waals surface area contributed by atoms with E-state index in [2.05, 4.69) is 0 Å². The van der Waals surface area contributed by atoms with Crippen LogP contribution in [0.1, 0.15) is 20.3 Å². The molecule has 0 spiro atoms. The maximum atomic E-state index is 12.6. The Bertz CT molecular complexity index is 642. The van der Waals surface area contributed by atoms with Crippen LogP contribution in [0.15, 0.2) is 29.2 Å². The molecule has 1 N–H and O–H groups in total. The highest BCUT2D eigenvalue weighted by Gasteiger charge is 2.50. The van der Waals surface area contributed by atoms with Crippen molar-refractivity contribution in [3.63, 3.8) is 0 Å². The molecular formula is C13H16ClNO4S. The SMILES string of the molecule is CC1(C)CCN(S(=O)(=O)c2cccc(Cl)c2)C1C(=O)O. The van der Waals surface area contributed by atoms with Crippen LogP contribution in [0.5, 0.6) is 0 Å². The topological polar surface area (TPSA) is 74.7 Å². The van der Waals surface area contributed by atoms with Crippen molar-refractivity contribution in [1.82, 2.24) is 4.31 Å². The molecule has 1 aliphatic heterocycles. The standard InChI is InChI=1S/C13H16ClNO4S/c1-13(2)6-7-15(11(13)12(16)17)20(18,19)10-5-3-4-9(14)8-10/h3-5,8,11H,6-7H2,1-2H3,(H,16,17). The number of aliphatic carboxylic acids is 1. The molecule has 1 unspecified atom stereocenters. The summed E-state index contributed by atoms with van der Waals surface area (Å²) in [5.74, 6) is -1.13. The first-order valence-electron chi connectivity index (χ1n) is 6.16. The second kappa shape index (κ2) is 5.02. The Morgan fingerprint density at radius 1 is 1.45 bits per heavy atom. The smallest absolute Gasteiger partial charge is 0.322 e. The number of hydrogen-bond donors (Lipinski definition) is 1. The summed E-state index contributed by atoms with van der Waals surface area (Å²) in [6.45, 7) is 3.72. The predicted octanol–water partition coefficient (Wildman–Crippen LogP) is 2.21. The van der Waals surface area contributed by atoms with E-state index in [0.29, 0.717) is 11.4 Å². The molecule has 1 aliphatic rings. The maximum absolute atomic E-state index is 12.6. The number of hydrogen-bond acceptors (Lipinski definition) is 3. The Labute approximate surface area is 123 Å². The predicted molar refractivity (Wildman–Crippen MR) is 75.2 cm³/mol. The molecule has 0 saturated carbocycles. The van der Waals surface area contributed by atoms with Gasteiger partial charge in [-0.05, 0) is 30.0 Å². The highest BCUT2D eigenvalue weighted by Crippen LogP contribution is 2.39. The van der Waals surface area contributed by atoms with Gasteiger partial charge >= 0.3 is 5.97 Å². The fraction of sp³-hybridized carbons (Fsp3) is 0.462. The van der Waals surface area contributed by atoms with E-state index >= 15 is 0 Å². The molecular weight excluding hydrogens is 302 g/mol. The fourth-order valence-electron chi connectivity index (χ4n) is 2.53. The van der Waals surface area contributed by atoms with Crippen LogP contribution < -0.4 is 0 Å². The van der Waals surface area contributed by atoms with E-state index in [1.54, 1.807) is 19.9 Å². The van der Waals surface area contributed by atoms with E-state index in [-0.39, 0.29) is 11.4 Å². The zero-order valence-corrected chi connectivity index (χ0v) is 12.8. The van der Waals surface area contributed by atoms with E-state index in [1.165, 1.54) is 18.2 Å². The number of nitrogens with zero attached hydrogens (tertiary/aromatic N) is 1. The minimum absolute atomic E-state index is 0.0222. The zero-order valence-electron chi connectivity index (χ0n) is 11.2. The highest BCUT2D eigenvalue weighted by molar-refractivity contribution is 7.89. The van der Waals surface area contributed by atoms with Gasteiger partial charge < -0.3 is 5.11 Å². The van der Waals surface area contributed by atoms with Gasteiger partial charge in [0.05, 0.1) is 4.90 Å². The molecule has 1 heterocycles. The molecule has 0 aromatic heterocycles. The number of halogens is 1. The zero-order chi connectivity index (χ0) is 15.1. The first-order chi connectivity index (χ1) is 9.16. The lowest BCUT2D eigenvalue weighted by Gasteiger charge is -2.28. The molecule has 7 heteroatoms. The van der Waals surface area contributed by atoms with Crippen molar-refractivity contribution >= 4 is 27.6 Å². The van der Waals surface area contributed by atoms with Crippen LogP contribution in [0.25, 0.3) is 0 Å². The first kappa shape index (κ1) is 15.3. The highest BCUT2D eigenvalue weighted by atomic mass is 35.5. The molecule has 1 atom stereocenters. The van der Waals surface area contributed by atoms with Gasteiger partial charge in [-0.15, -0.1) is 0 Å². The monoisotopic (exact) mass is 317 g/mol. The van der Waals surface area contributed by atoms with E-state index in [1.807, 2.05) is 0 Å². The molecule has 1 fully saturated rings. The lowest BCUT2D eigenvalue weighted by molar-refractivity contribution is -0.143. The lowest BCUT2D eigenvalue weighted by Crippen LogP contribution is -2.46. The van der Waals surface area contributed by atoms with Crippen molar-refractivity contribution in [2.45, 2.75) is 31.2 Å². The summed E-state index contributed by atoms with van der Waals surface area (Å²) in [7, 11) is -3.86. The maximum Gasteiger partial charge on any atom is 0.322 e. The second-order valence-corrected chi connectivity index (χ2v) is 7.88. The van der Waals surface area contributed by atoms with Crippen molar-refractivity contribution < 1.29 is 18.3 Å². The molecule has 110 valence electrons. The Balaban J connectivity index is 2.47. The minimum atomic E-state index is -3.86. The largest absolute Gasteiger partial charge is 0.480 e. The van der Waals surface area contributed by atoms with Gasteiger partial charge in [-0.1, -0.05) is 31.5 Å². The Kier molecular flexibility index (Phi) is 3.83. The Morgan fingerprint density at radius 3 is 2.65 bits per heavy atom. The van der Waals surface area contributed by atoms with Crippen LogP contribution in [0.2, 0.25) is 5.02 Å². The third-order valence-electron chi connectivity index (χ3n) is 3.64.